The summed E-state index contributed by atoms with van der Waals surface area (Å²) in [6, 6.07) is 1.19. The molecule has 0 saturated heterocycles. The van der Waals surface area contributed by atoms with E-state index in [0.717, 1.165) is 6.61 Å². The lowest BCUT2D eigenvalue weighted by molar-refractivity contribution is -0.00446. The van der Waals surface area contributed by atoms with Crippen LogP contribution in [0.15, 0.2) is 0 Å². The zero-order valence-corrected chi connectivity index (χ0v) is 16.2. The minimum absolute atomic E-state index is 0.0541. The highest BCUT2D eigenvalue weighted by atomic mass is 28.3. The Balaban J connectivity index is 3.28. The van der Waals surface area contributed by atoms with Crippen LogP contribution in [0.1, 0.15) is 20.8 Å². The highest BCUT2D eigenvalue weighted by molar-refractivity contribution is 6.80. The monoisotopic (exact) mass is 336 g/mol. The fourth-order valence-corrected chi connectivity index (χ4v) is 2.93. The van der Waals surface area contributed by atoms with E-state index in [-0.39, 0.29) is 6.61 Å². The van der Waals surface area contributed by atoms with Crippen LogP contribution in [0.4, 0.5) is 0 Å². The fraction of sp³-hybridized carbons (Fsp3) is 1.00. The van der Waals surface area contributed by atoms with E-state index < -0.39 is 8.07 Å². The first-order valence-electron chi connectivity index (χ1n) is 8.23. The first kappa shape index (κ1) is 22.0. The van der Waals surface area contributed by atoms with Crippen LogP contribution in [0, 0.1) is 0 Å². The van der Waals surface area contributed by atoms with E-state index in [1.807, 2.05) is 0 Å². The predicted octanol–water partition coefficient (Wildman–Crippen LogP) is 2.55. The van der Waals surface area contributed by atoms with Crippen LogP contribution < -0.4 is 0 Å². The standard InChI is InChI=1S/C16H36O5Si/c1-16(2,3)22(4,5)15-14-21-13-12-20-11-10-19-9-8-18-7-6-17/h17H,6-15H2,1-5H3. The maximum atomic E-state index is 8.52. The summed E-state index contributed by atoms with van der Waals surface area (Å²) in [7, 11) is -1.22. The highest BCUT2D eigenvalue weighted by Crippen LogP contribution is 2.38. The molecule has 0 saturated carbocycles. The molecule has 0 aromatic heterocycles. The van der Waals surface area contributed by atoms with Gasteiger partial charge in [0.05, 0.1) is 60.9 Å². The van der Waals surface area contributed by atoms with Gasteiger partial charge in [-0.2, -0.15) is 0 Å². The van der Waals surface area contributed by atoms with Crippen LogP contribution in [0.3, 0.4) is 0 Å². The molecule has 6 heteroatoms. The number of hydrogen-bond acceptors (Lipinski definition) is 5. The summed E-state index contributed by atoms with van der Waals surface area (Å²) in [6.07, 6.45) is 0. The Kier molecular flexibility index (Phi) is 12.5. The summed E-state index contributed by atoms with van der Waals surface area (Å²) < 4.78 is 21.5. The zero-order chi connectivity index (χ0) is 16.9. The number of rotatable bonds is 14. The van der Waals surface area contributed by atoms with Crippen molar-refractivity contribution in [2.24, 2.45) is 0 Å². The summed E-state index contributed by atoms with van der Waals surface area (Å²) in [4.78, 5) is 0. The Morgan fingerprint density at radius 3 is 1.41 bits per heavy atom. The molecule has 0 radical (unpaired) electrons. The van der Waals surface area contributed by atoms with Gasteiger partial charge in [0.1, 0.15) is 0 Å². The van der Waals surface area contributed by atoms with Crippen LogP contribution in [-0.2, 0) is 18.9 Å². The quantitative estimate of drug-likeness (QED) is 0.390. The molecular formula is C16H36O5Si. The molecule has 0 atom stereocenters. The van der Waals surface area contributed by atoms with Gasteiger partial charge in [0, 0.05) is 6.61 Å². The lowest BCUT2D eigenvalue weighted by Gasteiger charge is -2.36. The van der Waals surface area contributed by atoms with Crippen molar-refractivity contribution in [2.45, 2.75) is 44.9 Å². The van der Waals surface area contributed by atoms with E-state index >= 15 is 0 Å². The van der Waals surface area contributed by atoms with Crippen molar-refractivity contribution in [1.82, 2.24) is 0 Å². The predicted molar refractivity (Wildman–Crippen MR) is 92.4 cm³/mol. The second kappa shape index (κ2) is 12.4. The Bertz CT molecular complexity index is 253. The van der Waals surface area contributed by atoms with Gasteiger partial charge in [-0.3, -0.25) is 0 Å². The third kappa shape index (κ3) is 11.6. The number of ether oxygens (including phenoxy) is 4. The van der Waals surface area contributed by atoms with Gasteiger partial charge in [-0.05, 0) is 11.1 Å². The normalized spacial score (nSPS) is 12.8. The average molecular weight is 337 g/mol. The second-order valence-electron chi connectivity index (χ2n) is 7.06. The second-order valence-corrected chi connectivity index (χ2v) is 12.8. The van der Waals surface area contributed by atoms with Crippen molar-refractivity contribution in [1.29, 1.82) is 0 Å². The van der Waals surface area contributed by atoms with Crippen LogP contribution >= 0.6 is 0 Å². The van der Waals surface area contributed by atoms with Gasteiger partial charge >= 0.3 is 0 Å². The minimum atomic E-state index is -1.22. The first-order chi connectivity index (χ1) is 10.3. The molecule has 5 nitrogen and oxygen atoms in total. The molecular weight excluding hydrogens is 300 g/mol. The molecule has 0 aliphatic rings. The lowest BCUT2D eigenvalue weighted by atomic mass is 10.2. The van der Waals surface area contributed by atoms with E-state index in [1.165, 1.54) is 6.04 Å². The zero-order valence-electron chi connectivity index (χ0n) is 15.2. The maximum Gasteiger partial charge on any atom is 0.0701 e. The number of hydrogen-bond donors (Lipinski definition) is 1. The molecule has 0 fully saturated rings. The first-order valence-corrected chi connectivity index (χ1v) is 11.4. The summed E-state index contributed by atoms with van der Waals surface area (Å²) in [5.41, 5.74) is 0. The van der Waals surface area contributed by atoms with Crippen LogP contribution in [-0.4, -0.2) is 72.6 Å². The van der Waals surface area contributed by atoms with E-state index in [0.29, 0.717) is 51.3 Å². The van der Waals surface area contributed by atoms with Crippen molar-refractivity contribution < 1.29 is 24.1 Å². The van der Waals surface area contributed by atoms with Crippen molar-refractivity contribution in [3.63, 3.8) is 0 Å². The lowest BCUT2D eigenvalue weighted by Crippen LogP contribution is -2.38. The van der Waals surface area contributed by atoms with Gasteiger partial charge in [-0.1, -0.05) is 33.9 Å². The van der Waals surface area contributed by atoms with Crippen molar-refractivity contribution in [3.05, 3.63) is 0 Å². The Hall–Kier alpha value is 0.0169. The van der Waals surface area contributed by atoms with Gasteiger partial charge in [0.2, 0.25) is 0 Å². The SMILES string of the molecule is CC(C)(C)[Si](C)(C)CCOCCOCCOCCOCCO. The highest BCUT2D eigenvalue weighted by Gasteiger charge is 2.34. The molecule has 0 amide bonds. The summed E-state index contributed by atoms with van der Waals surface area (Å²) in [5, 5.41) is 8.94. The number of aliphatic hydroxyl groups excluding tert-OH is 1. The third-order valence-corrected chi connectivity index (χ3v) is 9.77. The Morgan fingerprint density at radius 1 is 0.682 bits per heavy atom. The van der Waals surface area contributed by atoms with Gasteiger partial charge in [0.15, 0.2) is 0 Å². The Labute approximate surface area is 137 Å². The van der Waals surface area contributed by atoms with E-state index in [9.17, 15) is 0 Å². The smallest absolute Gasteiger partial charge is 0.0701 e. The van der Waals surface area contributed by atoms with E-state index in [2.05, 4.69) is 33.9 Å². The van der Waals surface area contributed by atoms with Crippen molar-refractivity contribution in [3.8, 4) is 0 Å². The largest absolute Gasteiger partial charge is 0.394 e. The van der Waals surface area contributed by atoms with Gasteiger partial charge in [-0.15, -0.1) is 0 Å². The molecule has 1 N–H and O–H groups in total. The van der Waals surface area contributed by atoms with Gasteiger partial charge in [-0.25, -0.2) is 0 Å². The van der Waals surface area contributed by atoms with Crippen LogP contribution in [0.5, 0.6) is 0 Å². The van der Waals surface area contributed by atoms with E-state index in [4.69, 9.17) is 24.1 Å². The molecule has 0 bridgehead atoms. The number of aliphatic hydroxyl groups is 1. The summed E-state index contributed by atoms with van der Waals surface area (Å²) >= 11 is 0. The molecule has 0 unspecified atom stereocenters. The molecule has 0 rings (SSSR count). The van der Waals surface area contributed by atoms with E-state index in [1.54, 1.807) is 0 Å². The van der Waals surface area contributed by atoms with Gasteiger partial charge < -0.3 is 24.1 Å². The summed E-state index contributed by atoms with van der Waals surface area (Å²) in [5.74, 6) is 0. The molecule has 0 aromatic rings. The van der Waals surface area contributed by atoms with Crippen LogP contribution in [0.2, 0.25) is 24.2 Å². The third-order valence-electron chi connectivity index (χ3n) is 4.25. The van der Waals surface area contributed by atoms with Crippen molar-refractivity contribution >= 4 is 8.07 Å². The Morgan fingerprint density at radius 2 is 1.05 bits per heavy atom. The summed E-state index contributed by atoms with van der Waals surface area (Å²) in [6.45, 7) is 16.5. The minimum Gasteiger partial charge on any atom is -0.394 e. The molecule has 0 aromatic carbocycles. The molecule has 0 spiro atoms. The molecule has 134 valence electrons. The molecule has 22 heavy (non-hydrogen) atoms. The molecule has 0 heterocycles. The maximum absolute atomic E-state index is 8.52. The average Bonchev–Trinajstić information content (AvgIpc) is 2.42. The van der Waals surface area contributed by atoms with Crippen LogP contribution in [0.25, 0.3) is 0 Å². The molecule has 0 aliphatic carbocycles. The topological polar surface area (TPSA) is 57.2 Å². The van der Waals surface area contributed by atoms with Crippen molar-refractivity contribution in [2.75, 3.05) is 59.5 Å². The fourth-order valence-electron chi connectivity index (χ4n) is 1.53. The molecule has 0 aliphatic heterocycles. The van der Waals surface area contributed by atoms with Gasteiger partial charge in [0.25, 0.3) is 0 Å².